The molecule has 0 spiro atoms. The number of phenolic OH excluding ortho intramolecular Hbond substituents is 1. The van der Waals surface area contributed by atoms with Crippen molar-refractivity contribution < 1.29 is 13.9 Å². The molecular formula is C29H22N2O4. The molecule has 0 aliphatic heterocycles. The first-order valence-corrected chi connectivity index (χ1v) is 11.3. The highest BCUT2D eigenvalue weighted by molar-refractivity contribution is 6.02. The molecule has 6 nitrogen and oxygen atoms in total. The minimum absolute atomic E-state index is 0.0917. The van der Waals surface area contributed by atoms with Gasteiger partial charge in [-0.15, -0.1) is 0 Å². The van der Waals surface area contributed by atoms with E-state index in [1.54, 1.807) is 12.1 Å². The van der Waals surface area contributed by atoms with Gasteiger partial charge >= 0.3 is 5.63 Å². The van der Waals surface area contributed by atoms with Gasteiger partial charge in [0.05, 0.1) is 5.39 Å². The summed E-state index contributed by atoms with van der Waals surface area (Å²) in [4.78, 5) is 12.2. The van der Waals surface area contributed by atoms with Gasteiger partial charge in [0.15, 0.2) is 0 Å². The van der Waals surface area contributed by atoms with Gasteiger partial charge in [0.25, 0.3) is 0 Å². The van der Waals surface area contributed by atoms with Crippen LogP contribution in [0.5, 0.6) is 5.75 Å². The predicted molar refractivity (Wildman–Crippen MR) is 137 cm³/mol. The zero-order valence-electron chi connectivity index (χ0n) is 19.5. The number of aryl methyl sites for hydroxylation is 2. The van der Waals surface area contributed by atoms with Crippen molar-refractivity contribution in [3.8, 4) is 39.5 Å². The Balaban J connectivity index is 1.63. The Labute approximate surface area is 200 Å². The first-order chi connectivity index (χ1) is 16.9. The number of para-hydroxylation sites is 1. The largest absolute Gasteiger partial charge is 0.506 e. The van der Waals surface area contributed by atoms with E-state index in [0.29, 0.717) is 39.1 Å². The van der Waals surface area contributed by atoms with Crippen LogP contribution in [0.25, 0.3) is 55.6 Å². The highest BCUT2D eigenvalue weighted by Crippen LogP contribution is 2.46. The molecule has 0 saturated heterocycles. The normalized spacial score (nSPS) is 11.5. The molecule has 3 aromatic heterocycles. The maximum Gasteiger partial charge on any atom is 0.336 e. The van der Waals surface area contributed by atoms with E-state index in [0.717, 1.165) is 33.3 Å². The average Bonchev–Trinajstić information content (AvgIpc) is 3.47. The van der Waals surface area contributed by atoms with Gasteiger partial charge in [-0.25, -0.2) is 4.79 Å². The molecule has 6 aromatic rings. The molecule has 35 heavy (non-hydrogen) atoms. The van der Waals surface area contributed by atoms with E-state index in [-0.39, 0.29) is 5.75 Å². The molecule has 6 heteroatoms. The predicted octanol–water partition coefficient (Wildman–Crippen LogP) is 6.89. The van der Waals surface area contributed by atoms with Crippen molar-refractivity contribution in [2.24, 2.45) is 0 Å². The number of aromatic hydroxyl groups is 1. The molecule has 6 rings (SSSR count). The van der Waals surface area contributed by atoms with E-state index in [1.165, 1.54) is 6.07 Å². The monoisotopic (exact) mass is 462 g/mol. The van der Waals surface area contributed by atoms with Crippen molar-refractivity contribution in [3.63, 3.8) is 0 Å². The van der Waals surface area contributed by atoms with Gasteiger partial charge in [-0.1, -0.05) is 48.5 Å². The first-order valence-electron chi connectivity index (χ1n) is 11.3. The first kappa shape index (κ1) is 21.0. The summed E-state index contributed by atoms with van der Waals surface area (Å²) in [6.45, 7) is 5.89. The van der Waals surface area contributed by atoms with Gasteiger partial charge in [-0.3, -0.25) is 5.10 Å². The van der Waals surface area contributed by atoms with Crippen molar-refractivity contribution in [1.82, 2.24) is 10.2 Å². The van der Waals surface area contributed by atoms with Crippen LogP contribution in [0.15, 0.2) is 80.4 Å². The zero-order chi connectivity index (χ0) is 24.3. The van der Waals surface area contributed by atoms with Gasteiger partial charge in [-0.05, 0) is 49.6 Å². The number of nitrogens with one attached hydrogen (secondary N) is 1. The molecule has 0 unspecified atom stereocenters. The lowest BCUT2D eigenvalue weighted by molar-refractivity contribution is 0.482. The van der Waals surface area contributed by atoms with Crippen LogP contribution in [-0.4, -0.2) is 15.3 Å². The Morgan fingerprint density at radius 3 is 2.37 bits per heavy atom. The average molecular weight is 463 g/mol. The van der Waals surface area contributed by atoms with E-state index < -0.39 is 5.63 Å². The van der Waals surface area contributed by atoms with Crippen LogP contribution in [0.1, 0.15) is 16.8 Å². The van der Waals surface area contributed by atoms with Crippen molar-refractivity contribution in [1.29, 1.82) is 0 Å². The molecule has 3 aromatic carbocycles. The van der Waals surface area contributed by atoms with E-state index in [9.17, 15) is 9.90 Å². The summed E-state index contributed by atoms with van der Waals surface area (Å²) >= 11 is 0. The second-order valence-corrected chi connectivity index (χ2v) is 8.74. The van der Waals surface area contributed by atoms with Gasteiger partial charge in [-0.2, -0.15) is 5.10 Å². The number of nitrogens with zero attached hydrogens (tertiary/aromatic N) is 1. The SMILES string of the molecule is Cc1[nH]nc(-c2c(C)c(C)c3oc(-c4cc(=O)oc5ccccc45)cc3c2O)c1-c1ccccc1. The third kappa shape index (κ3) is 3.18. The fourth-order valence-electron chi connectivity index (χ4n) is 4.82. The second-order valence-electron chi connectivity index (χ2n) is 8.74. The van der Waals surface area contributed by atoms with Crippen molar-refractivity contribution >= 4 is 21.9 Å². The molecule has 0 aliphatic carbocycles. The molecule has 0 atom stereocenters. The summed E-state index contributed by atoms with van der Waals surface area (Å²) in [7, 11) is 0. The fraction of sp³-hybridized carbons (Fsp3) is 0.103. The molecule has 3 heterocycles. The van der Waals surface area contributed by atoms with Crippen LogP contribution < -0.4 is 5.63 Å². The highest BCUT2D eigenvalue weighted by Gasteiger charge is 2.25. The summed E-state index contributed by atoms with van der Waals surface area (Å²) in [5, 5.41) is 20.5. The number of rotatable bonds is 3. The van der Waals surface area contributed by atoms with Gasteiger partial charge in [0.2, 0.25) is 0 Å². The third-order valence-electron chi connectivity index (χ3n) is 6.66. The van der Waals surface area contributed by atoms with E-state index in [1.807, 2.05) is 69.3 Å². The lowest BCUT2D eigenvalue weighted by atomic mass is 9.92. The van der Waals surface area contributed by atoms with Crippen LogP contribution >= 0.6 is 0 Å². The minimum atomic E-state index is -0.462. The van der Waals surface area contributed by atoms with Gasteiger partial charge < -0.3 is 13.9 Å². The lowest BCUT2D eigenvalue weighted by Crippen LogP contribution is -1.97. The smallest absolute Gasteiger partial charge is 0.336 e. The third-order valence-corrected chi connectivity index (χ3v) is 6.66. The molecule has 0 amide bonds. The summed E-state index contributed by atoms with van der Waals surface area (Å²) in [6.07, 6.45) is 0. The van der Waals surface area contributed by atoms with Crippen LogP contribution in [0.4, 0.5) is 0 Å². The fourth-order valence-corrected chi connectivity index (χ4v) is 4.82. The molecule has 0 aliphatic rings. The van der Waals surface area contributed by atoms with Gasteiger partial charge in [0, 0.05) is 33.8 Å². The Morgan fingerprint density at radius 1 is 0.829 bits per heavy atom. The Morgan fingerprint density at radius 2 is 1.57 bits per heavy atom. The number of hydrogen-bond acceptors (Lipinski definition) is 5. The maximum atomic E-state index is 12.2. The van der Waals surface area contributed by atoms with Crippen LogP contribution in [-0.2, 0) is 0 Å². The number of aromatic nitrogens is 2. The van der Waals surface area contributed by atoms with Crippen LogP contribution in [0, 0.1) is 20.8 Å². The summed E-state index contributed by atoms with van der Waals surface area (Å²) in [5.74, 6) is 0.578. The molecule has 2 N–H and O–H groups in total. The van der Waals surface area contributed by atoms with Crippen molar-refractivity contribution in [2.75, 3.05) is 0 Å². The molecule has 0 bridgehead atoms. The standard InChI is InChI=1S/C29H22N2O4/c1-15-16(2)29-21(13-23(35-29)20-14-24(32)34-22-12-8-7-11-19(20)22)28(33)25(15)27-26(17(3)30-31-27)18-9-5-4-6-10-18/h4-14,33H,1-3H3,(H,30,31). The molecular weight excluding hydrogens is 440 g/mol. The molecule has 0 fully saturated rings. The Bertz CT molecular complexity index is 1810. The molecule has 172 valence electrons. The Kier molecular flexibility index (Phi) is 4.64. The summed E-state index contributed by atoms with van der Waals surface area (Å²) in [5.41, 5.74) is 7.19. The number of aromatic amines is 1. The van der Waals surface area contributed by atoms with E-state index in [4.69, 9.17) is 8.83 Å². The van der Waals surface area contributed by atoms with Gasteiger partial charge in [0.1, 0.15) is 28.4 Å². The molecule has 0 saturated carbocycles. The summed E-state index contributed by atoms with van der Waals surface area (Å²) in [6, 6.07) is 20.5. The number of phenols is 1. The molecule has 0 radical (unpaired) electrons. The number of H-pyrrole nitrogens is 1. The number of furan rings is 1. The number of hydrogen-bond donors (Lipinski definition) is 2. The topological polar surface area (TPSA) is 92.3 Å². The summed E-state index contributed by atoms with van der Waals surface area (Å²) < 4.78 is 11.6. The second kappa shape index (κ2) is 7.74. The number of benzene rings is 3. The van der Waals surface area contributed by atoms with Crippen molar-refractivity contribution in [3.05, 3.63) is 94.0 Å². The van der Waals surface area contributed by atoms with E-state index in [2.05, 4.69) is 10.2 Å². The van der Waals surface area contributed by atoms with E-state index >= 15 is 0 Å². The zero-order valence-corrected chi connectivity index (χ0v) is 19.5. The quantitative estimate of drug-likeness (QED) is 0.279. The Hall–Kier alpha value is -4.58. The van der Waals surface area contributed by atoms with Crippen LogP contribution in [0.2, 0.25) is 0 Å². The van der Waals surface area contributed by atoms with Crippen LogP contribution in [0.3, 0.4) is 0 Å². The highest BCUT2D eigenvalue weighted by atomic mass is 16.4. The number of fused-ring (bicyclic) bond motifs is 2. The maximum absolute atomic E-state index is 12.2. The lowest BCUT2D eigenvalue weighted by Gasteiger charge is -2.13. The van der Waals surface area contributed by atoms with Crippen molar-refractivity contribution in [2.45, 2.75) is 20.8 Å². The minimum Gasteiger partial charge on any atom is -0.506 e.